The molecule has 0 saturated heterocycles. The fraction of sp³-hybridized carbons (Fsp3) is 0.500. The maximum Gasteiger partial charge on any atom is 0.317 e. The Kier molecular flexibility index (Phi) is 4.74. The number of esters is 1. The number of carbonyl (C=O) groups excluding carboxylic acids is 2. The minimum atomic E-state index is -0.972. The summed E-state index contributed by atoms with van der Waals surface area (Å²) in [4.78, 5) is 24.3. The molecule has 0 spiro atoms. The molecule has 5 heteroatoms. The van der Waals surface area contributed by atoms with E-state index >= 15 is 0 Å². The molecule has 0 bridgehead atoms. The van der Waals surface area contributed by atoms with Gasteiger partial charge in [-0.05, 0) is 31.2 Å². The van der Waals surface area contributed by atoms with Gasteiger partial charge in [-0.1, -0.05) is 44.2 Å². The first-order chi connectivity index (χ1) is 10.8. The van der Waals surface area contributed by atoms with E-state index in [2.05, 4.69) is 11.4 Å². The van der Waals surface area contributed by atoms with E-state index in [0.29, 0.717) is 0 Å². The third-order valence-electron chi connectivity index (χ3n) is 4.59. The summed E-state index contributed by atoms with van der Waals surface area (Å²) in [5.74, 6) is -0.881. The first-order valence-corrected chi connectivity index (χ1v) is 7.79. The third kappa shape index (κ3) is 3.53. The summed E-state index contributed by atoms with van der Waals surface area (Å²) in [6, 6.07) is 11.6. The largest absolute Gasteiger partial charge is 0.455 e. The number of ether oxygens (including phenoxy) is 1. The molecule has 1 aliphatic rings. The lowest BCUT2D eigenvalue weighted by atomic mass is 9.90. The molecule has 0 aromatic heterocycles. The number of benzene rings is 1. The standard InChI is InChI=1S/C18H22N2O3/c1-13(2)17(3,12-19)20-15(21)11-23-16(22)18(9-10-18)14-7-5-4-6-8-14/h4-8,13H,9-11H2,1-3H3,(H,20,21)/t17-/m0/s1. The fourth-order valence-electron chi connectivity index (χ4n) is 2.39. The van der Waals surface area contributed by atoms with Crippen LogP contribution in [0.5, 0.6) is 0 Å². The zero-order chi connectivity index (χ0) is 17.1. The average molecular weight is 314 g/mol. The van der Waals surface area contributed by atoms with Gasteiger partial charge >= 0.3 is 5.97 Å². The molecule has 1 amide bonds. The quantitative estimate of drug-likeness (QED) is 0.817. The topological polar surface area (TPSA) is 79.2 Å². The zero-order valence-electron chi connectivity index (χ0n) is 13.8. The monoisotopic (exact) mass is 314 g/mol. The Labute approximate surface area is 136 Å². The van der Waals surface area contributed by atoms with E-state index in [1.807, 2.05) is 44.2 Å². The summed E-state index contributed by atoms with van der Waals surface area (Å²) >= 11 is 0. The highest BCUT2D eigenvalue weighted by atomic mass is 16.5. The van der Waals surface area contributed by atoms with Crippen LogP contribution in [0.2, 0.25) is 0 Å². The highest BCUT2D eigenvalue weighted by Crippen LogP contribution is 2.49. The van der Waals surface area contributed by atoms with E-state index in [-0.39, 0.29) is 18.5 Å². The van der Waals surface area contributed by atoms with Gasteiger partial charge in [-0.25, -0.2) is 0 Å². The van der Waals surface area contributed by atoms with Gasteiger partial charge in [0.05, 0.1) is 11.5 Å². The fourth-order valence-corrected chi connectivity index (χ4v) is 2.39. The SMILES string of the molecule is CC(C)[C@](C)(C#N)NC(=O)COC(=O)C1(c2ccccc2)CC1. The van der Waals surface area contributed by atoms with Crippen LogP contribution < -0.4 is 5.32 Å². The van der Waals surface area contributed by atoms with Crippen LogP contribution in [0.15, 0.2) is 30.3 Å². The Morgan fingerprint density at radius 3 is 2.43 bits per heavy atom. The van der Waals surface area contributed by atoms with Crippen LogP contribution in [0.3, 0.4) is 0 Å². The van der Waals surface area contributed by atoms with Gasteiger partial charge in [0.25, 0.3) is 5.91 Å². The average Bonchev–Trinajstić information content (AvgIpc) is 3.35. The first kappa shape index (κ1) is 17.0. The van der Waals surface area contributed by atoms with Crippen LogP contribution >= 0.6 is 0 Å². The van der Waals surface area contributed by atoms with Gasteiger partial charge in [0, 0.05) is 0 Å². The highest BCUT2D eigenvalue weighted by Gasteiger charge is 2.52. The van der Waals surface area contributed by atoms with Crippen molar-refractivity contribution in [2.75, 3.05) is 6.61 Å². The Hall–Kier alpha value is -2.35. The maximum atomic E-state index is 12.3. The molecular weight excluding hydrogens is 292 g/mol. The predicted octanol–water partition coefficient (Wildman–Crippen LogP) is 2.32. The number of hydrogen-bond acceptors (Lipinski definition) is 4. The van der Waals surface area contributed by atoms with E-state index in [4.69, 9.17) is 4.74 Å². The van der Waals surface area contributed by atoms with Crippen molar-refractivity contribution >= 4 is 11.9 Å². The van der Waals surface area contributed by atoms with Crippen LogP contribution in [-0.4, -0.2) is 24.0 Å². The summed E-state index contributed by atoms with van der Waals surface area (Å²) in [6.07, 6.45) is 1.47. The van der Waals surface area contributed by atoms with E-state index in [1.54, 1.807) is 6.92 Å². The molecule has 122 valence electrons. The molecule has 0 heterocycles. The van der Waals surface area contributed by atoms with E-state index in [1.165, 1.54) is 0 Å². The molecule has 1 aromatic rings. The summed E-state index contributed by atoms with van der Waals surface area (Å²) in [5.41, 5.74) is -0.646. The second-order valence-corrected chi connectivity index (χ2v) is 6.54. The number of carbonyl (C=O) groups is 2. The lowest BCUT2D eigenvalue weighted by Gasteiger charge is -2.27. The lowest BCUT2D eigenvalue weighted by Crippen LogP contribution is -2.50. The van der Waals surface area contributed by atoms with Gasteiger partial charge in [0.2, 0.25) is 0 Å². The van der Waals surface area contributed by atoms with Crippen molar-refractivity contribution in [1.82, 2.24) is 5.32 Å². The van der Waals surface area contributed by atoms with Crippen LogP contribution in [0.1, 0.15) is 39.2 Å². The van der Waals surface area contributed by atoms with Gasteiger partial charge in [-0.3, -0.25) is 9.59 Å². The zero-order valence-corrected chi connectivity index (χ0v) is 13.8. The summed E-state index contributed by atoms with van der Waals surface area (Å²) in [5, 5.41) is 11.8. The van der Waals surface area contributed by atoms with Crippen molar-refractivity contribution in [2.45, 2.75) is 44.6 Å². The maximum absolute atomic E-state index is 12.3. The van der Waals surface area contributed by atoms with Crippen molar-refractivity contribution in [3.05, 3.63) is 35.9 Å². The number of nitriles is 1. The molecular formula is C18H22N2O3. The Morgan fingerprint density at radius 1 is 1.35 bits per heavy atom. The molecule has 1 aliphatic carbocycles. The van der Waals surface area contributed by atoms with Gasteiger partial charge in [0.1, 0.15) is 5.54 Å². The highest BCUT2D eigenvalue weighted by molar-refractivity contribution is 5.89. The Bertz CT molecular complexity index is 629. The molecule has 2 rings (SSSR count). The molecule has 1 N–H and O–H groups in total. The van der Waals surface area contributed by atoms with Crippen LogP contribution in [0, 0.1) is 17.2 Å². The summed E-state index contributed by atoms with van der Waals surface area (Å²) in [6.45, 7) is 5.00. The van der Waals surface area contributed by atoms with Gasteiger partial charge in [-0.15, -0.1) is 0 Å². The molecule has 1 saturated carbocycles. The number of amides is 1. The van der Waals surface area contributed by atoms with Gasteiger partial charge in [-0.2, -0.15) is 5.26 Å². The number of nitrogens with one attached hydrogen (secondary N) is 1. The van der Waals surface area contributed by atoms with Crippen LogP contribution in [-0.2, 0) is 19.7 Å². The molecule has 23 heavy (non-hydrogen) atoms. The molecule has 0 aliphatic heterocycles. The lowest BCUT2D eigenvalue weighted by molar-refractivity contribution is -0.151. The van der Waals surface area contributed by atoms with E-state index in [0.717, 1.165) is 18.4 Å². The Morgan fingerprint density at radius 2 is 1.96 bits per heavy atom. The smallest absolute Gasteiger partial charge is 0.317 e. The molecule has 0 radical (unpaired) electrons. The van der Waals surface area contributed by atoms with Crippen LogP contribution in [0.4, 0.5) is 0 Å². The minimum Gasteiger partial charge on any atom is -0.455 e. The van der Waals surface area contributed by atoms with Gasteiger partial charge < -0.3 is 10.1 Å². The molecule has 1 atom stereocenters. The van der Waals surface area contributed by atoms with Gasteiger partial charge in [0.15, 0.2) is 6.61 Å². The van der Waals surface area contributed by atoms with E-state index in [9.17, 15) is 14.9 Å². The third-order valence-corrected chi connectivity index (χ3v) is 4.59. The second-order valence-electron chi connectivity index (χ2n) is 6.54. The number of nitrogens with zero attached hydrogens (tertiary/aromatic N) is 1. The molecule has 5 nitrogen and oxygen atoms in total. The number of hydrogen-bond donors (Lipinski definition) is 1. The normalized spacial score (nSPS) is 17.7. The van der Waals surface area contributed by atoms with Crippen molar-refractivity contribution in [3.8, 4) is 6.07 Å². The second kappa shape index (κ2) is 6.41. The Balaban J connectivity index is 1.93. The van der Waals surface area contributed by atoms with Crippen LogP contribution in [0.25, 0.3) is 0 Å². The van der Waals surface area contributed by atoms with Crippen molar-refractivity contribution in [2.24, 2.45) is 5.92 Å². The first-order valence-electron chi connectivity index (χ1n) is 7.79. The minimum absolute atomic E-state index is 0.0498. The van der Waals surface area contributed by atoms with E-state index < -0.39 is 16.9 Å². The number of rotatable bonds is 6. The summed E-state index contributed by atoms with van der Waals surface area (Å²) < 4.78 is 5.20. The van der Waals surface area contributed by atoms with Crippen molar-refractivity contribution < 1.29 is 14.3 Å². The molecule has 0 unspecified atom stereocenters. The molecule has 1 aromatic carbocycles. The molecule has 1 fully saturated rings. The predicted molar refractivity (Wildman–Crippen MR) is 85.3 cm³/mol. The summed E-state index contributed by atoms with van der Waals surface area (Å²) in [7, 11) is 0. The van der Waals surface area contributed by atoms with Crippen molar-refractivity contribution in [3.63, 3.8) is 0 Å². The van der Waals surface area contributed by atoms with Crippen molar-refractivity contribution in [1.29, 1.82) is 5.26 Å².